The van der Waals surface area contributed by atoms with Gasteiger partial charge in [0.25, 0.3) is 6.71 Å². The zero-order valence-electron chi connectivity index (χ0n) is 53.4. The highest BCUT2D eigenvalue weighted by Crippen LogP contribution is 2.56. The van der Waals surface area contributed by atoms with Crippen molar-refractivity contribution in [3.63, 3.8) is 0 Å². The highest BCUT2D eigenvalue weighted by atomic mass is 32.2. The van der Waals surface area contributed by atoms with Crippen LogP contribution in [-0.2, 0) is 6.18 Å². The summed E-state index contributed by atoms with van der Waals surface area (Å²) in [6.07, 6.45) is -5.75. The molecule has 0 aromatic heterocycles. The second kappa shape index (κ2) is 12.1. The predicted octanol–water partition coefficient (Wildman–Crippen LogP) is 9.42. The van der Waals surface area contributed by atoms with Crippen LogP contribution in [-0.4, -0.2) is 13.4 Å². The summed E-state index contributed by atoms with van der Waals surface area (Å²) < 4.78 is 284. The lowest BCUT2D eigenvalue weighted by molar-refractivity contribution is -0.139. The predicted molar refractivity (Wildman–Crippen MR) is 232 cm³/mol. The molecule has 0 spiro atoms. The van der Waals surface area contributed by atoms with Crippen LogP contribution in [0.3, 0.4) is 0 Å². The van der Waals surface area contributed by atoms with Gasteiger partial charge < -0.3 is 9.80 Å². The van der Waals surface area contributed by atoms with E-state index in [-0.39, 0.29) is 21.3 Å². The van der Waals surface area contributed by atoms with Gasteiger partial charge in [0.05, 0.1) is 51.2 Å². The molecule has 0 N–H and O–H groups in total. The van der Waals surface area contributed by atoms with Crippen molar-refractivity contribution in [2.45, 2.75) is 16.0 Å². The first kappa shape index (κ1) is 16.6. The smallest absolute Gasteiger partial charge is 0.312 e. The minimum absolute atomic E-state index is 0.0731. The molecule has 0 unspecified atom stereocenters. The SMILES string of the molecule is [2H]c1c([2H])c([2H])c(-c2c([2H])c([2H])c([2H])c(-c3c([2H])c([2H])c([2H])c([2H])c3[2H])c2N2c3c([2H])c([2H])c([2H])c([2H])c3B3c4c([2H])c([2H])c([2H])c([2H])c4N4c5c([2H])c([2H])c([2H])c([2H])c5B5c6ccccc6Sc6c5c4c3c2c6C(F)(F)F)c([2H])c1[2H]. The molecule has 4 heterocycles. The normalized spacial score (nSPS) is 20.2. The van der Waals surface area contributed by atoms with Gasteiger partial charge in [-0.3, -0.25) is 0 Å². The van der Waals surface area contributed by atoms with Crippen LogP contribution in [0.4, 0.5) is 47.3 Å². The summed E-state index contributed by atoms with van der Waals surface area (Å²) in [4.78, 5) is 0.693. The van der Waals surface area contributed by atoms with Gasteiger partial charge in [-0.05, 0) is 62.6 Å². The number of fused-ring (bicyclic) bond motifs is 10. The average molecular weight is 782 g/mol. The zero-order valence-corrected chi connectivity index (χ0v) is 29.2. The first-order chi connectivity index (χ1) is 38.4. The average Bonchev–Trinajstić information content (AvgIpc) is 0.688. The molecule has 8 aromatic carbocycles. The van der Waals surface area contributed by atoms with Crippen LogP contribution in [0, 0.1) is 0 Å². The Morgan fingerprint density at radius 3 is 1.53 bits per heavy atom. The standard InChI is InChI=1S/C49H29B2F3N2S/c52-49(53,54)42-46-43-47-44-48(42)57-41-29-14-10-25-37(41)51(44)35-23-8-12-27-39(35)55(47)38-26-11-7-22-34(38)50(43)36-24-9-13-28-40(36)56(46)45-32(30-16-3-1-4-17-30)20-15-21-33(45)31-18-5-2-6-19-31/h1-29H/i1D,2D,3D,4D,5D,6D,7D,8D,9D,11D,12D,13D,15D,16D,17D,18D,19D,20D,21D,22D,23D,24D,26D,27D,28D. The van der Waals surface area contributed by atoms with Crippen molar-refractivity contribution < 1.29 is 47.4 Å². The molecule has 4 aliphatic rings. The Labute approximate surface area is 368 Å². The quantitative estimate of drug-likeness (QED) is 0.165. The van der Waals surface area contributed by atoms with Gasteiger partial charge >= 0.3 is 6.18 Å². The van der Waals surface area contributed by atoms with Crippen molar-refractivity contribution in [3.05, 3.63) is 181 Å². The topological polar surface area (TPSA) is 6.48 Å². The molecule has 0 fully saturated rings. The van der Waals surface area contributed by atoms with Gasteiger partial charge in [-0.2, -0.15) is 13.2 Å². The van der Waals surface area contributed by atoms with Gasteiger partial charge in [0.1, 0.15) is 0 Å². The van der Waals surface area contributed by atoms with E-state index in [9.17, 15) is 20.6 Å². The van der Waals surface area contributed by atoms with Gasteiger partial charge in [0, 0.05) is 43.7 Å². The number of alkyl halides is 3. The van der Waals surface area contributed by atoms with Crippen molar-refractivity contribution in [3.8, 4) is 22.3 Å². The Balaban J connectivity index is 1.46. The third-order valence-electron chi connectivity index (χ3n) is 10.4. The first-order valence-corrected chi connectivity index (χ1v) is 17.9. The minimum Gasteiger partial charge on any atom is -0.312 e. The van der Waals surface area contributed by atoms with Crippen molar-refractivity contribution in [2.24, 2.45) is 0 Å². The Bertz CT molecular complexity index is 4270. The van der Waals surface area contributed by atoms with Crippen molar-refractivity contribution >= 4 is 92.1 Å². The number of halogens is 3. The largest absolute Gasteiger partial charge is 0.419 e. The molecule has 12 rings (SSSR count). The Hall–Kier alpha value is -6.37. The van der Waals surface area contributed by atoms with E-state index in [1.807, 2.05) is 0 Å². The highest BCUT2D eigenvalue weighted by Gasteiger charge is 2.55. The van der Waals surface area contributed by atoms with E-state index in [0.717, 1.165) is 4.90 Å². The fourth-order valence-corrected chi connectivity index (χ4v) is 9.75. The Morgan fingerprint density at radius 2 is 0.965 bits per heavy atom. The molecule has 0 saturated heterocycles. The molecule has 4 aliphatic heterocycles. The molecule has 0 aliphatic carbocycles. The zero-order chi connectivity index (χ0) is 59.7. The molecule has 0 saturated carbocycles. The van der Waals surface area contributed by atoms with Crippen LogP contribution in [0.1, 0.15) is 39.8 Å². The number of para-hydroxylation sites is 4. The van der Waals surface area contributed by atoms with E-state index in [2.05, 4.69) is 0 Å². The maximum Gasteiger partial charge on any atom is 0.419 e. The molecular formula is C49H29B2F3N2S. The molecule has 268 valence electrons. The highest BCUT2D eigenvalue weighted by molar-refractivity contribution is 8.00. The van der Waals surface area contributed by atoms with Gasteiger partial charge in [-0.15, -0.1) is 0 Å². The van der Waals surface area contributed by atoms with Crippen molar-refractivity contribution in [1.29, 1.82) is 0 Å². The Morgan fingerprint density at radius 1 is 0.474 bits per heavy atom. The van der Waals surface area contributed by atoms with Crippen LogP contribution < -0.4 is 42.6 Å². The lowest BCUT2D eigenvalue weighted by Gasteiger charge is -2.50. The molecule has 0 radical (unpaired) electrons. The maximum atomic E-state index is 17.7. The molecule has 57 heavy (non-hydrogen) atoms. The number of anilines is 6. The second-order valence-electron chi connectivity index (χ2n) is 13.2. The van der Waals surface area contributed by atoms with E-state index in [1.54, 1.807) is 0 Å². The fraction of sp³-hybridized carbons (Fsp3) is 0.0204. The first-order valence-electron chi connectivity index (χ1n) is 29.6. The summed E-state index contributed by atoms with van der Waals surface area (Å²) in [6, 6.07) is -21.0. The molecule has 2 nitrogen and oxygen atoms in total. The summed E-state index contributed by atoms with van der Waals surface area (Å²) in [5.74, 6) is 0. The third kappa shape index (κ3) is 4.53. The van der Waals surface area contributed by atoms with E-state index < -0.39 is 254 Å². The van der Waals surface area contributed by atoms with Crippen LogP contribution in [0.25, 0.3) is 22.3 Å². The van der Waals surface area contributed by atoms with E-state index in [0.29, 0.717) is 16.7 Å². The van der Waals surface area contributed by atoms with Gasteiger partial charge in [-0.25, -0.2) is 0 Å². The van der Waals surface area contributed by atoms with Gasteiger partial charge in [0.2, 0.25) is 6.71 Å². The lowest BCUT2D eigenvalue weighted by atomic mass is 9.29. The van der Waals surface area contributed by atoms with E-state index in [1.165, 1.54) is 24.3 Å². The van der Waals surface area contributed by atoms with Crippen molar-refractivity contribution in [2.75, 3.05) is 9.80 Å². The summed E-state index contributed by atoms with van der Waals surface area (Å²) in [5.41, 5.74) is -14.1. The van der Waals surface area contributed by atoms with E-state index >= 15 is 13.2 Å². The molecule has 8 aromatic rings. The van der Waals surface area contributed by atoms with Crippen molar-refractivity contribution in [1.82, 2.24) is 0 Å². The fourth-order valence-electron chi connectivity index (χ4n) is 8.44. The second-order valence-corrected chi connectivity index (χ2v) is 14.2. The number of benzene rings is 8. The summed E-state index contributed by atoms with van der Waals surface area (Å²) in [6.45, 7) is -3.81. The van der Waals surface area contributed by atoms with E-state index in [4.69, 9.17) is 13.7 Å². The van der Waals surface area contributed by atoms with Gasteiger partial charge in [-0.1, -0.05) is 168 Å². The van der Waals surface area contributed by atoms with Crippen LogP contribution in [0.5, 0.6) is 0 Å². The number of nitrogens with zero attached hydrogens (tertiary/aromatic N) is 2. The number of hydrogen-bond acceptors (Lipinski definition) is 3. The van der Waals surface area contributed by atoms with Gasteiger partial charge in [0.15, 0.2) is 0 Å². The lowest BCUT2D eigenvalue weighted by Crippen LogP contribution is -2.68. The number of rotatable bonds is 3. The summed E-state index contributed by atoms with van der Waals surface area (Å²) >= 11 is 0.480. The molecular weight excluding hydrogens is 727 g/mol. The van der Waals surface area contributed by atoms with Crippen LogP contribution in [0.15, 0.2) is 185 Å². The van der Waals surface area contributed by atoms with Crippen LogP contribution in [0.2, 0.25) is 0 Å². The molecule has 0 bridgehead atoms. The minimum atomic E-state index is -5.75. The molecule has 8 heteroatoms. The third-order valence-corrected chi connectivity index (χ3v) is 11.6. The monoisotopic (exact) mass is 781 g/mol. The summed E-state index contributed by atoms with van der Waals surface area (Å²) in [7, 11) is 0. The Kier molecular flexibility index (Phi) is 3.52. The number of hydrogen-bond donors (Lipinski definition) is 0. The molecule has 0 amide bonds. The maximum absolute atomic E-state index is 17.7. The summed E-state index contributed by atoms with van der Waals surface area (Å²) in [5, 5.41) is 0. The van der Waals surface area contributed by atoms with Crippen LogP contribution >= 0.6 is 11.8 Å². The molecule has 0 atom stereocenters.